The van der Waals surface area contributed by atoms with Crippen molar-refractivity contribution in [2.75, 3.05) is 13.2 Å². The summed E-state index contributed by atoms with van der Waals surface area (Å²) in [7, 11) is 0. The molecule has 116 valence electrons. The highest BCUT2D eigenvalue weighted by Crippen LogP contribution is 2.35. The van der Waals surface area contributed by atoms with Crippen LogP contribution in [0.2, 0.25) is 15.1 Å². The molecule has 22 heavy (non-hydrogen) atoms. The summed E-state index contributed by atoms with van der Waals surface area (Å²) in [5.74, 6) is 0.174. The van der Waals surface area contributed by atoms with Gasteiger partial charge in [-0.15, -0.1) is 0 Å². The molecule has 0 bridgehead atoms. The van der Waals surface area contributed by atoms with Gasteiger partial charge in [0.25, 0.3) is 0 Å². The average molecular weight is 361 g/mol. The predicted molar refractivity (Wildman–Crippen MR) is 85.7 cm³/mol. The van der Waals surface area contributed by atoms with Crippen molar-refractivity contribution in [3.8, 4) is 5.75 Å². The van der Waals surface area contributed by atoms with Crippen LogP contribution in [0.15, 0.2) is 30.7 Å². The minimum Gasteiger partial charge on any atom is -0.489 e. The molecule has 2 aromatic rings. The SMILES string of the molecule is O=C(Cc1cnccn1)NCCOc1c(Cl)cc(Cl)cc1Cl. The van der Waals surface area contributed by atoms with Crippen molar-refractivity contribution in [3.05, 3.63) is 51.5 Å². The van der Waals surface area contributed by atoms with Crippen LogP contribution in [-0.2, 0) is 11.2 Å². The molecule has 2 rings (SSSR count). The summed E-state index contributed by atoms with van der Waals surface area (Å²) in [4.78, 5) is 19.6. The van der Waals surface area contributed by atoms with Gasteiger partial charge >= 0.3 is 0 Å². The Hall–Kier alpha value is -1.56. The van der Waals surface area contributed by atoms with Crippen molar-refractivity contribution in [3.63, 3.8) is 0 Å². The number of aromatic nitrogens is 2. The van der Waals surface area contributed by atoms with Gasteiger partial charge in [0.15, 0.2) is 5.75 Å². The Balaban J connectivity index is 1.77. The number of rotatable bonds is 6. The quantitative estimate of drug-likeness (QED) is 0.804. The number of carbonyl (C=O) groups excluding carboxylic acids is 1. The lowest BCUT2D eigenvalue weighted by Crippen LogP contribution is -2.29. The number of hydrogen-bond acceptors (Lipinski definition) is 4. The first-order chi connectivity index (χ1) is 10.6. The summed E-state index contributed by atoms with van der Waals surface area (Å²) in [5, 5.41) is 3.78. The second-order valence-electron chi connectivity index (χ2n) is 4.27. The van der Waals surface area contributed by atoms with Crippen LogP contribution in [0.1, 0.15) is 5.69 Å². The third-order valence-corrected chi connectivity index (χ3v) is 3.37. The lowest BCUT2D eigenvalue weighted by Gasteiger charge is -2.11. The van der Waals surface area contributed by atoms with Gasteiger partial charge in [0.2, 0.25) is 5.91 Å². The fraction of sp³-hybridized carbons (Fsp3) is 0.214. The van der Waals surface area contributed by atoms with Gasteiger partial charge < -0.3 is 10.1 Å². The maximum absolute atomic E-state index is 11.7. The van der Waals surface area contributed by atoms with Crippen molar-refractivity contribution < 1.29 is 9.53 Å². The smallest absolute Gasteiger partial charge is 0.226 e. The van der Waals surface area contributed by atoms with Gasteiger partial charge in [-0.3, -0.25) is 14.8 Å². The van der Waals surface area contributed by atoms with Crippen LogP contribution < -0.4 is 10.1 Å². The monoisotopic (exact) mass is 359 g/mol. The molecule has 0 spiro atoms. The van der Waals surface area contributed by atoms with E-state index in [0.717, 1.165) is 0 Å². The van der Waals surface area contributed by atoms with Crippen molar-refractivity contribution in [2.45, 2.75) is 6.42 Å². The zero-order chi connectivity index (χ0) is 15.9. The molecule has 0 aliphatic carbocycles. The van der Waals surface area contributed by atoms with E-state index in [1.165, 1.54) is 18.3 Å². The lowest BCUT2D eigenvalue weighted by molar-refractivity contribution is -0.120. The van der Waals surface area contributed by atoms with Crippen molar-refractivity contribution in [2.24, 2.45) is 0 Å². The van der Waals surface area contributed by atoms with Gasteiger partial charge in [-0.05, 0) is 12.1 Å². The number of carbonyl (C=O) groups is 1. The largest absolute Gasteiger partial charge is 0.489 e. The number of nitrogens with zero attached hydrogens (tertiary/aromatic N) is 2. The van der Waals surface area contributed by atoms with Crippen LogP contribution >= 0.6 is 34.8 Å². The topological polar surface area (TPSA) is 64.1 Å². The van der Waals surface area contributed by atoms with E-state index in [1.54, 1.807) is 12.4 Å². The van der Waals surface area contributed by atoms with Crippen LogP contribution in [-0.4, -0.2) is 29.0 Å². The number of amides is 1. The molecule has 0 radical (unpaired) electrons. The molecule has 0 saturated heterocycles. The van der Waals surface area contributed by atoms with Gasteiger partial charge in [-0.1, -0.05) is 34.8 Å². The van der Waals surface area contributed by atoms with Gasteiger partial charge in [0.1, 0.15) is 6.61 Å². The lowest BCUT2D eigenvalue weighted by atomic mass is 10.3. The van der Waals surface area contributed by atoms with E-state index in [2.05, 4.69) is 15.3 Å². The molecule has 1 N–H and O–H groups in total. The fourth-order valence-electron chi connectivity index (χ4n) is 1.66. The maximum Gasteiger partial charge on any atom is 0.226 e. The summed E-state index contributed by atoms with van der Waals surface area (Å²) < 4.78 is 5.46. The number of halogens is 3. The summed E-state index contributed by atoms with van der Waals surface area (Å²) in [6, 6.07) is 3.08. The molecule has 1 aromatic carbocycles. The molecular weight excluding hydrogens is 349 g/mol. The molecule has 0 aliphatic rings. The minimum atomic E-state index is -0.169. The third-order valence-electron chi connectivity index (χ3n) is 2.59. The van der Waals surface area contributed by atoms with E-state index in [1.807, 2.05) is 0 Å². The van der Waals surface area contributed by atoms with Crippen molar-refractivity contribution in [1.29, 1.82) is 0 Å². The number of benzene rings is 1. The maximum atomic E-state index is 11.7. The molecule has 0 fully saturated rings. The molecule has 1 amide bonds. The highest BCUT2D eigenvalue weighted by molar-refractivity contribution is 6.40. The molecule has 1 aromatic heterocycles. The molecule has 1 heterocycles. The second kappa shape index (κ2) is 8.17. The fourth-order valence-corrected chi connectivity index (χ4v) is 2.58. The Morgan fingerprint density at radius 1 is 1.18 bits per heavy atom. The van der Waals surface area contributed by atoms with E-state index >= 15 is 0 Å². The first-order valence-electron chi connectivity index (χ1n) is 6.35. The van der Waals surface area contributed by atoms with E-state index in [-0.39, 0.29) is 18.9 Å². The molecule has 0 aliphatic heterocycles. The third kappa shape index (κ3) is 5.02. The molecule has 0 atom stereocenters. The number of ether oxygens (including phenoxy) is 1. The zero-order valence-corrected chi connectivity index (χ0v) is 13.6. The molecule has 5 nitrogen and oxygen atoms in total. The normalized spacial score (nSPS) is 10.3. The predicted octanol–water partition coefficient (Wildman–Crippen LogP) is 3.17. The Morgan fingerprint density at radius 2 is 1.91 bits per heavy atom. The van der Waals surface area contributed by atoms with Crippen molar-refractivity contribution >= 4 is 40.7 Å². The van der Waals surface area contributed by atoms with Crippen LogP contribution in [0.5, 0.6) is 5.75 Å². The first-order valence-corrected chi connectivity index (χ1v) is 7.48. The van der Waals surface area contributed by atoms with Gasteiger partial charge in [0.05, 0.1) is 28.7 Å². The summed E-state index contributed by atoms with van der Waals surface area (Å²) >= 11 is 17.8. The second-order valence-corrected chi connectivity index (χ2v) is 5.52. The van der Waals surface area contributed by atoms with Crippen LogP contribution in [0.3, 0.4) is 0 Å². The van der Waals surface area contributed by atoms with E-state index in [9.17, 15) is 4.79 Å². The van der Waals surface area contributed by atoms with E-state index in [0.29, 0.717) is 33.1 Å². The Kier molecular flexibility index (Phi) is 6.24. The molecule has 0 saturated carbocycles. The summed E-state index contributed by atoms with van der Waals surface area (Å²) in [6.45, 7) is 0.543. The Labute approximate surface area is 142 Å². The minimum absolute atomic E-state index is 0.163. The Morgan fingerprint density at radius 3 is 2.55 bits per heavy atom. The van der Waals surface area contributed by atoms with Crippen LogP contribution in [0, 0.1) is 0 Å². The molecular formula is C14H12Cl3N3O2. The molecule has 0 unspecified atom stereocenters. The van der Waals surface area contributed by atoms with Crippen molar-refractivity contribution in [1.82, 2.24) is 15.3 Å². The number of nitrogens with one attached hydrogen (secondary N) is 1. The number of hydrogen-bond donors (Lipinski definition) is 1. The average Bonchev–Trinajstić information content (AvgIpc) is 2.46. The van der Waals surface area contributed by atoms with Gasteiger partial charge in [0, 0.05) is 23.6 Å². The highest BCUT2D eigenvalue weighted by atomic mass is 35.5. The van der Waals surface area contributed by atoms with Crippen LogP contribution in [0.4, 0.5) is 0 Å². The molecule has 8 heteroatoms. The van der Waals surface area contributed by atoms with Crippen LogP contribution in [0.25, 0.3) is 0 Å². The van der Waals surface area contributed by atoms with E-state index < -0.39 is 0 Å². The first kappa shape index (κ1) is 16.8. The summed E-state index contributed by atoms with van der Waals surface area (Å²) in [5.41, 5.74) is 0.602. The summed E-state index contributed by atoms with van der Waals surface area (Å²) in [6.07, 6.45) is 4.80. The van der Waals surface area contributed by atoms with Gasteiger partial charge in [-0.2, -0.15) is 0 Å². The van der Waals surface area contributed by atoms with E-state index in [4.69, 9.17) is 39.5 Å². The standard InChI is InChI=1S/C14H12Cl3N3O2/c15-9-5-11(16)14(12(17)6-9)22-4-3-20-13(21)7-10-8-18-1-2-19-10/h1-2,5-6,8H,3-4,7H2,(H,20,21). The van der Waals surface area contributed by atoms with Gasteiger partial charge in [-0.25, -0.2) is 0 Å². The Bertz CT molecular complexity index is 630. The highest BCUT2D eigenvalue weighted by Gasteiger charge is 2.09. The zero-order valence-electron chi connectivity index (χ0n) is 11.4.